The summed E-state index contributed by atoms with van der Waals surface area (Å²) in [6, 6.07) is 19.6. The lowest BCUT2D eigenvalue weighted by atomic mass is 10.2. The second kappa shape index (κ2) is 7.57. The highest BCUT2D eigenvalue weighted by Crippen LogP contribution is 2.33. The Morgan fingerprint density at radius 1 is 0.684 bits per heavy atom. The van der Waals surface area contributed by atoms with Crippen LogP contribution in [0.3, 0.4) is 0 Å². The van der Waals surface area contributed by atoms with Crippen molar-refractivity contribution < 1.29 is 3.63 Å². The first-order valence-electron chi connectivity index (χ1n) is 5.87. The van der Waals surface area contributed by atoms with Gasteiger partial charge < -0.3 is 11.5 Å². The molecule has 2 rings (SSSR count). The zero-order valence-corrected chi connectivity index (χ0v) is 11.9. The van der Waals surface area contributed by atoms with Gasteiger partial charge in [-0.3, -0.25) is 0 Å². The van der Waals surface area contributed by atoms with Gasteiger partial charge in [0.2, 0.25) is 0 Å². The molecule has 100 valence electrons. The number of hydrogen-bond donors (Lipinski definition) is 2. The van der Waals surface area contributed by atoms with Crippen molar-refractivity contribution in [1.82, 2.24) is 0 Å². The van der Waals surface area contributed by atoms with E-state index in [4.69, 9.17) is 15.1 Å². The molecular formula is C14H16N2OS2. The van der Waals surface area contributed by atoms with Crippen molar-refractivity contribution in [2.75, 3.05) is 0 Å². The maximum atomic E-state index is 6.00. The van der Waals surface area contributed by atoms with Crippen LogP contribution in [0.15, 0.2) is 60.7 Å². The van der Waals surface area contributed by atoms with Crippen LogP contribution in [0, 0.1) is 0 Å². The molecule has 0 aromatic heterocycles. The van der Waals surface area contributed by atoms with E-state index in [1.807, 2.05) is 60.7 Å². The summed E-state index contributed by atoms with van der Waals surface area (Å²) in [7, 11) is 0. The lowest BCUT2D eigenvalue weighted by molar-refractivity contribution is 0.724. The third-order valence-corrected chi connectivity index (χ3v) is 4.13. The minimum absolute atomic E-state index is 0.211. The lowest BCUT2D eigenvalue weighted by Crippen LogP contribution is -2.08. The quantitative estimate of drug-likeness (QED) is 0.629. The molecule has 0 aliphatic heterocycles. The fourth-order valence-electron chi connectivity index (χ4n) is 1.50. The van der Waals surface area contributed by atoms with E-state index in [0.29, 0.717) is 0 Å². The van der Waals surface area contributed by atoms with Crippen molar-refractivity contribution in [3.8, 4) is 0 Å². The molecule has 0 saturated heterocycles. The van der Waals surface area contributed by atoms with Gasteiger partial charge in [-0.25, -0.2) is 3.63 Å². The molecule has 2 aromatic rings. The molecule has 0 radical (unpaired) electrons. The molecule has 4 N–H and O–H groups in total. The normalized spacial score (nSPS) is 14.0. The summed E-state index contributed by atoms with van der Waals surface area (Å²) in [6.07, 6.45) is 0. The molecule has 0 spiro atoms. The molecule has 0 saturated carbocycles. The SMILES string of the molecule is NC(SOSC(N)c1ccccc1)c1ccccc1. The Kier molecular flexibility index (Phi) is 5.75. The van der Waals surface area contributed by atoms with Gasteiger partial charge in [0.1, 0.15) is 10.7 Å². The molecule has 3 nitrogen and oxygen atoms in total. The molecule has 2 aromatic carbocycles. The Labute approximate surface area is 122 Å². The predicted molar refractivity (Wildman–Crippen MR) is 83.0 cm³/mol. The highest BCUT2D eigenvalue weighted by atomic mass is 32.2. The lowest BCUT2D eigenvalue weighted by Gasteiger charge is -2.13. The van der Waals surface area contributed by atoms with Crippen LogP contribution in [0.2, 0.25) is 0 Å². The summed E-state index contributed by atoms with van der Waals surface area (Å²) >= 11 is 2.43. The number of hydrogen-bond acceptors (Lipinski definition) is 5. The molecule has 5 heteroatoms. The van der Waals surface area contributed by atoms with Crippen molar-refractivity contribution in [3.63, 3.8) is 0 Å². The smallest absolute Gasteiger partial charge is 0.104 e. The van der Waals surface area contributed by atoms with Gasteiger partial charge in [-0.05, 0) is 11.1 Å². The molecule has 19 heavy (non-hydrogen) atoms. The van der Waals surface area contributed by atoms with Gasteiger partial charge in [0, 0.05) is 24.1 Å². The fraction of sp³-hybridized carbons (Fsp3) is 0.143. The second-order valence-electron chi connectivity index (χ2n) is 3.92. The van der Waals surface area contributed by atoms with Crippen LogP contribution in [-0.2, 0) is 3.63 Å². The third-order valence-electron chi connectivity index (χ3n) is 2.54. The van der Waals surface area contributed by atoms with E-state index in [2.05, 4.69) is 0 Å². The standard InChI is InChI=1S/C14H16N2OS2/c15-13(11-7-3-1-4-8-11)18-17-19-14(16)12-9-5-2-6-10-12/h1-10,13-14H,15-16H2. The Hall–Kier alpha value is -0.980. The Morgan fingerprint density at radius 2 is 1.05 bits per heavy atom. The average Bonchev–Trinajstić information content (AvgIpc) is 2.49. The van der Waals surface area contributed by atoms with E-state index >= 15 is 0 Å². The van der Waals surface area contributed by atoms with Gasteiger partial charge in [0.05, 0.1) is 0 Å². The summed E-state index contributed by atoms with van der Waals surface area (Å²) in [4.78, 5) is 0. The van der Waals surface area contributed by atoms with Crippen molar-refractivity contribution in [2.45, 2.75) is 10.7 Å². The van der Waals surface area contributed by atoms with Crippen molar-refractivity contribution in [2.24, 2.45) is 11.5 Å². The summed E-state index contributed by atoms with van der Waals surface area (Å²) in [5.41, 5.74) is 14.1. The highest BCUT2D eigenvalue weighted by Gasteiger charge is 2.11. The minimum atomic E-state index is -0.211. The summed E-state index contributed by atoms with van der Waals surface area (Å²) in [5.74, 6) is 0. The molecule has 0 bridgehead atoms. The topological polar surface area (TPSA) is 61.3 Å². The molecule has 0 amide bonds. The first-order chi connectivity index (χ1) is 9.27. The van der Waals surface area contributed by atoms with E-state index in [0.717, 1.165) is 11.1 Å². The van der Waals surface area contributed by atoms with Gasteiger partial charge >= 0.3 is 0 Å². The molecular weight excluding hydrogens is 276 g/mol. The summed E-state index contributed by atoms with van der Waals surface area (Å²) in [5, 5.41) is -0.423. The molecule has 0 fully saturated rings. The van der Waals surface area contributed by atoms with Crippen LogP contribution >= 0.6 is 24.1 Å². The maximum Gasteiger partial charge on any atom is 0.104 e. The average molecular weight is 292 g/mol. The highest BCUT2D eigenvalue weighted by molar-refractivity contribution is 8.08. The largest absolute Gasteiger partial charge is 0.314 e. The Morgan fingerprint density at radius 3 is 1.42 bits per heavy atom. The zero-order valence-electron chi connectivity index (χ0n) is 10.3. The second-order valence-corrected chi connectivity index (χ2v) is 5.87. The predicted octanol–water partition coefficient (Wildman–Crippen LogP) is 3.61. The van der Waals surface area contributed by atoms with Gasteiger partial charge in [0.25, 0.3) is 0 Å². The van der Waals surface area contributed by atoms with E-state index in [9.17, 15) is 0 Å². The first-order valence-corrected chi connectivity index (χ1v) is 7.48. The van der Waals surface area contributed by atoms with Crippen LogP contribution in [0.4, 0.5) is 0 Å². The number of benzene rings is 2. The van der Waals surface area contributed by atoms with Crippen molar-refractivity contribution in [1.29, 1.82) is 0 Å². The van der Waals surface area contributed by atoms with E-state index < -0.39 is 0 Å². The fourth-order valence-corrected chi connectivity index (χ4v) is 2.90. The summed E-state index contributed by atoms with van der Waals surface area (Å²) in [6.45, 7) is 0. The van der Waals surface area contributed by atoms with Crippen molar-refractivity contribution >= 4 is 24.1 Å². The van der Waals surface area contributed by atoms with Crippen LogP contribution in [0.1, 0.15) is 21.9 Å². The van der Waals surface area contributed by atoms with Crippen LogP contribution < -0.4 is 11.5 Å². The van der Waals surface area contributed by atoms with Gasteiger partial charge in [-0.15, -0.1) is 0 Å². The molecule has 2 unspecified atom stereocenters. The van der Waals surface area contributed by atoms with Gasteiger partial charge in [-0.1, -0.05) is 60.7 Å². The first kappa shape index (κ1) is 14.4. The maximum absolute atomic E-state index is 6.00. The molecule has 0 aliphatic carbocycles. The molecule has 0 heterocycles. The van der Waals surface area contributed by atoms with Crippen LogP contribution in [0.5, 0.6) is 0 Å². The Balaban J connectivity index is 1.78. The van der Waals surface area contributed by atoms with Gasteiger partial charge in [-0.2, -0.15) is 0 Å². The molecule has 2 atom stereocenters. The Bertz CT molecular complexity index is 436. The van der Waals surface area contributed by atoms with Crippen LogP contribution in [-0.4, -0.2) is 0 Å². The van der Waals surface area contributed by atoms with Crippen molar-refractivity contribution in [3.05, 3.63) is 71.8 Å². The monoisotopic (exact) mass is 292 g/mol. The minimum Gasteiger partial charge on any atom is -0.314 e. The number of rotatable bonds is 6. The van der Waals surface area contributed by atoms with Crippen LogP contribution in [0.25, 0.3) is 0 Å². The van der Waals surface area contributed by atoms with E-state index in [-0.39, 0.29) is 10.7 Å². The van der Waals surface area contributed by atoms with Gasteiger partial charge in [0.15, 0.2) is 0 Å². The number of nitrogens with two attached hydrogens (primary N) is 2. The third kappa shape index (κ3) is 4.56. The summed E-state index contributed by atoms with van der Waals surface area (Å²) < 4.78 is 5.45. The van der Waals surface area contributed by atoms with E-state index in [1.165, 1.54) is 24.1 Å². The zero-order chi connectivity index (χ0) is 13.5. The molecule has 0 aliphatic rings. The van der Waals surface area contributed by atoms with E-state index in [1.54, 1.807) is 0 Å².